The van der Waals surface area contributed by atoms with E-state index >= 15 is 0 Å². The van der Waals surface area contributed by atoms with E-state index in [0.717, 1.165) is 4.31 Å². The topological polar surface area (TPSA) is 86.8 Å². The molecule has 0 aromatic heterocycles. The number of amides is 2. The summed E-state index contributed by atoms with van der Waals surface area (Å²) in [5, 5.41) is 3.16. The minimum Gasteiger partial charge on any atom is -0.350 e. The van der Waals surface area contributed by atoms with Crippen LogP contribution in [0.2, 0.25) is 5.02 Å². The van der Waals surface area contributed by atoms with Crippen LogP contribution >= 0.6 is 11.6 Å². The molecule has 0 aliphatic heterocycles. The first-order valence-corrected chi connectivity index (χ1v) is 14.2. The van der Waals surface area contributed by atoms with Crippen LogP contribution < -0.4 is 9.62 Å². The number of rotatable bonds is 9. The molecule has 0 bridgehead atoms. The number of nitrogens with zero attached hydrogens (tertiary/aromatic N) is 2. The maximum atomic E-state index is 14.6. The fraction of sp³-hybridized carbons (Fsp3) is 0.310. The number of sulfonamides is 1. The van der Waals surface area contributed by atoms with Crippen LogP contribution in [0.25, 0.3) is 0 Å². The second-order valence-corrected chi connectivity index (χ2v) is 12.5. The Balaban J connectivity index is 2.08. The van der Waals surface area contributed by atoms with Crippen molar-refractivity contribution in [1.82, 2.24) is 10.2 Å². The zero-order valence-electron chi connectivity index (χ0n) is 22.6. The molecule has 0 unspecified atom stereocenters. The average Bonchev–Trinajstić information content (AvgIpc) is 2.87. The summed E-state index contributed by atoms with van der Waals surface area (Å²) in [7, 11) is -4.23. The molecular weight excluding hydrogens is 541 g/mol. The van der Waals surface area contributed by atoms with Crippen LogP contribution in [0.4, 0.5) is 10.1 Å². The van der Waals surface area contributed by atoms with Gasteiger partial charge in [-0.1, -0.05) is 54.1 Å². The van der Waals surface area contributed by atoms with Gasteiger partial charge in [-0.15, -0.1) is 0 Å². The molecule has 10 heteroatoms. The molecule has 0 aliphatic rings. The van der Waals surface area contributed by atoms with Crippen molar-refractivity contribution in [3.63, 3.8) is 0 Å². The summed E-state index contributed by atoms with van der Waals surface area (Å²) in [6.45, 7) is 7.72. The number of carbonyl (C=O) groups excluding carboxylic acids is 2. The largest absolute Gasteiger partial charge is 0.350 e. The van der Waals surface area contributed by atoms with Gasteiger partial charge in [-0.2, -0.15) is 0 Å². The minimum atomic E-state index is -4.23. The molecule has 1 atom stereocenters. The SMILES string of the molecule is Cc1c(Cl)cccc1N(CC(=O)N(Cc1ccccc1F)[C@@H](C)C(=O)NC(C)(C)C)S(=O)(=O)c1ccccc1. The lowest BCUT2D eigenvalue weighted by Crippen LogP contribution is -2.54. The van der Waals surface area contributed by atoms with Gasteiger partial charge < -0.3 is 10.2 Å². The first-order valence-electron chi connectivity index (χ1n) is 12.4. The summed E-state index contributed by atoms with van der Waals surface area (Å²) in [5.74, 6) is -1.68. The van der Waals surface area contributed by atoms with Crippen molar-refractivity contribution in [2.45, 2.75) is 57.6 Å². The van der Waals surface area contributed by atoms with Crippen LogP contribution in [-0.2, 0) is 26.2 Å². The predicted molar refractivity (Wildman–Crippen MR) is 151 cm³/mol. The van der Waals surface area contributed by atoms with E-state index in [1.165, 1.54) is 42.2 Å². The van der Waals surface area contributed by atoms with Crippen LogP contribution in [0.5, 0.6) is 0 Å². The highest BCUT2D eigenvalue weighted by Gasteiger charge is 2.34. The molecule has 1 N–H and O–H groups in total. The van der Waals surface area contributed by atoms with Crippen LogP contribution in [0.3, 0.4) is 0 Å². The Morgan fingerprint density at radius 1 is 0.974 bits per heavy atom. The van der Waals surface area contributed by atoms with Crippen molar-refractivity contribution in [2.75, 3.05) is 10.8 Å². The molecular formula is C29H33ClFN3O4S. The number of benzene rings is 3. The lowest BCUT2D eigenvalue weighted by molar-refractivity contribution is -0.140. The van der Waals surface area contributed by atoms with E-state index in [4.69, 9.17) is 11.6 Å². The van der Waals surface area contributed by atoms with Crippen molar-refractivity contribution < 1.29 is 22.4 Å². The molecule has 0 fully saturated rings. The van der Waals surface area contributed by atoms with Crippen molar-refractivity contribution >= 4 is 39.1 Å². The molecule has 0 heterocycles. The van der Waals surface area contributed by atoms with Crippen LogP contribution in [0, 0.1) is 12.7 Å². The smallest absolute Gasteiger partial charge is 0.264 e. The highest BCUT2D eigenvalue weighted by Crippen LogP contribution is 2.31. The van der Waals surface area contributed by atoms with Gasteiger partial charge in [0.2, 0.25) is 11.8 Å². The minimum absolute atomic E-state index is 0.0173. The number of halogens is 2. The van der Waals surface area contributed by atoms with Gasteiger partial charge in [0.15, 0.2) is 0 Å². The second-order valence-electron chi connectivity index (χ2n) is 10.2. The third kappa shape index (κ3) is 7.36. The summed E-state index contributed by atoms with van der Waals surface area (Å²) < 4.78 is 43.3. The number of carbonyl (C=O) groups is 2. The Morgan fingerprint density at radius 2 is 1.59 bits per heavy atom. The number of hydrogen-bond donors (Lipinski definition) is 1. The molecule has 3 rings (SSSR count). The normalized spacial score (nSPS) is 12.5. The van der Waals surface area contributed by atoms with Crippen molar-refractivity contribution in [1.29, 1.82) is 0 Å². The number of anilines is 1. The molecule has 0 spiro atoms. The van der Waals surface area contributed by atoms with Gasteiger partial charge in [0.1, 0.15) is 18.4 Å². The van der Waals surface area contributed by atoms with Crippen LogP contribution in [0.15, 0.2) is 77.7 Å². The van der Waals surface area contributed by atoms with E-state index in [1.807, 2.05) is 0 Å². The summed E-state index contributed by atoms with van der Waals surface area (Å²) in [6.07, 6.45) is 0. The molecule has 0 saturated carbocycles. The fourth-order valence-electron chi connectivity index (χ4n) is 3.97. The lowest BCUT2D eigenvalue weighted by Gasteiger charge is -2.34. The Bertz CT molecular complexity index is 1440. The highest BCUT2D eigenvalue weighted by atomic mass is 35.5. The van der Waals surface area contributed by atoms with Gasteiger partial charge in [-0.25, -0.2) is 12.8 Å². The summed E-state index contributed by atoms with van der Waals surface area (Å²) in [4.78, 5) is 28.2. The molecule has 0 saturated heterocycles. The van der Waals surface area contributed by atoms with E-state index in [9.17, 15) is 22.4 Å². The third-order valence-corrected chi connectivity index (χ3v) is 8.27. The van der Waals surface area contributed by atoms with Gasteiger partial charge in [-0.05, 0) is 70.5 Å². The monoisotopic (exact) mass is 573 g/mol. The molecule has 39 heavy (non-hydrogen) atoms. The Hall–Kier alpha value is -3.43. The van der Waals surface area contributed by atoms with E-state index in [0.29, 0.717) is 10.6 Å². The van der Waals surface area contributed by atoms with Crippen molar-refractivity contribution in [3.05, 3.63) is 94.8 Å². The van der Waals surface area contributed by atoms with E-state index in [1.54, 1.807) is 70.2 Å². The molecule has 0 aliphatic carbocycles. The van der Waals surface area contributed by atoms with E-state index in [2.05, 4.69) is 5.32 Å². The van der Waals surface area contributed by atoms with Gasteiger partial charge in [-0.3, -0.25) is 13.9 Å². The molecule has 7 nitrogen and oxygen atoms in total. The fourth-order valence-corrected chi connectivity index (χ4v) is 5.63. The second kappa shape index (κ2) is 12.2. The van der Waals surface area contributed by atoms with Gasteiger partial charge in [0.05, 0.1) is 10.6 Å². The first-order chi connectivity index (χ1) is 18.2. The standard InChI is InChI=1S/C29H33ClFN3O4S/c1-20-24(30)15-11-17-26(20)34(39(37,38)23-13-7-6-8-14-23)19-27(35)33(18-22-12-9-10-16-25(22)31)21(2)28(36)32-29(3,4)5/h6-17,21H,18-19H2,1-5H3,(H,32,36)/t21-/m0/s1. The van der Waals surface area contributed by atoms with Crippen molar-refractivity contribution in [2.24, 2.45) is 0 Å². The van der Waals surface area contributed by atoms with E-state index < -0.39 is 45.8 Å². The Morgan fingerprint density at radius 3 is 2.21 bits per heavy atom. The molecule has 208 valence electrons. The maximum absolute atomic E-state index is 14.6. The van der Waals surface area contributed by atoms with Gasteiger partial charge in [0.25, 0.3) is 10.0 Å². The highest BCUT2D eigenvalue weighted by molar-refractivity contribution is 7.92. The van der Waals surface area contributed by atoms with E-state index in [-0.39, 0.29) is 22.7 Å². The summed E-state index contributed by atoms with van der Waals surface area (Å²) >= 11 is 6.32. The lowest BCUT2D eigenvalue weighted by atomic mass is 10.1. The zero-order valence-corrected chi connectivity index (χ0v) is 24.2. The first kappa shape index (κ1) is 30.1. The van der Waals surface area contributed by atoms with Crippen molar-refractivity contribution in [3.8, 4) is 0 Å². The van der Waals surface area contributed by atoms with Gasteiger partial charge in [0, 0.05) is 22.7 Å². The quantitative estimate of drug-likeness (QED) is 0.376. The zero-order chi connectivity index (χ0) is 29.0. The molecule has 2 amide bonds. The Kier molecular flexibility index (Phi) is 9.40. The van der Waals surface area contributed by atoms with Gasteiger partial charge >= 0.3 is 0 Å². The Labute approximate surface area is 234 Å². The molecule has 3 aromatic rings. The van der Waals surface area contributed by atoms with Crippen LogP contribution in [0.1, 0.15) is 38.8 Å². The predicted octanol–water partition coefficient (Wildman–Crippen LogP) is 5.31. The molecule has 0 radical (unpaired) electrons. The third-order valence-electron chi connectivity index (χ3n) is 6.08. The van der Waals surface area contributed by atoms with Crippen LogP contribution in [-0.4, -0.2) is 43.3 Å². The number of hydrogen-bond acceptors (Lipinski definition) is 4. The summed E-state index contributed by atoms with van der Waals surface area (Å²) in [6, 6.07) is 17.4. The number of nitrogens with one attached hydrogen (secondary N) is 1. The summed E-state index contributed by atoms with van der Waals surface area (Å²) in [5.41, 5.74) is 0.291. The maximum Gasteiger partial charge on any atom is 0.264 e. The molecule has 3 aromatic carbocycles. The average molecular weight is 574 g/mol.